The number of aromatic amines is 1. The van der Waals surface area contributed by atoms with Crippen LogP contribution in [0.15, 0.2) is 42.7 Å². The van der Waals surface area contributed by atoms with E-state index in [-0.39, 0.29) is 17.9 Å². The average molecular weight is 439 g/mol. The number of pyridine rings is 1. The summed E-state index contributed by atoms with van der Waals surface area (Å²) < 4.78 is 0. The number of nitrogens with zero attached hydrogens (tertiary/aromatic N) is 4. The number of carbonyl (C=O) groups is 2. The van der Waals surface area contributed by atoms with Crippen LogP contribution in [0.2, 0.25) is 5.02 Å². The number of amides is 3. The van der Waals surface area contributed by atoms with E-state index in [2.05, 4.69) is 20.3 Å². The maximum absolute atomic E-state index is 13.3. The van der Waals surface area contributed by atoms with Crippen molar-refractivity contribution in [3.8, 4) is 0 Å². The Labute approximate surface area is 184 Å². The van der Waals surface area contributed by atoms with Crippen molar-refractivity contribution in [2.75, 3.05) is 25.0 Å². The number of H-pyrrole nitrogens is 1. The van der Waals surface area contributed by atoms with Gasteiger partial charge in [0.15, 0.2) is 0 Å². The van der Waals surface area contributed by atoms with Gasteiger partial charge in [-0.15, -0.1) is 0 Å². The molecule has 8 nitrogen and oxygen atoms in total. The number of fused-ring (bicyclic) bond motifs is 1. The first-order chi connectivity index (χ1) is 15.1. The molecule has 2 atom stereocenters. The third-order valence-corrected chi connectivity index (χ3v) is 6.33. The molecule has 0 aliphatic carbocycles. The third kappa shape index (κ3) is 3.95. The van der Waals surface area contributed by atoms with Gasteiger partial charge in [0.1, 0.15) is 11.9 Å². The van der Waals surface area contributed by atoms with E-state index < -0.39 is 6.04 Å². The van der Waals surface area contributed by atoms with Crippen LogP contribution in [0.5, 0.6) is 0 Å². The van der Waals surface area contributed by atoms with Crippen LogP contribution in [0, 0.1) is 0 Å². The molecule has 3 aromatic rings. The molecule has 2 unspecified atom stereocenters. The summed E-state index contributed by atoms with van der Waals surface area (Å²) in [5.41, 5.74) is 2.45. The highest BCUT2D eigenvalue weighted by Crippen LogP contribution is 2.29. The second-order valence-electron chi connectivity index (χ2n) is 8.07. The Morgan fingerprint density at radius 2 is 1.97 bits per heavy atom. The Kier molecular flexibility index (Phi) is 5.23. The zero-order chi connectivity index (χ0) is 21.4. The highest BCUT2D eigenvalue weighted by Gasteiger charge is 2.39. The van der Waals surface area contributed by atoms with Crippen molar-refractivity contribution in [3.63, 3.8) is 0 Å². The lowest BCUT2D eigenvalue weighted by atomic mass is 10.1. The lowest BCUT2D eigenvalue weighted by Gasteiger charge is -2.28. The number of rotatable bonds is 3. The van der Waals surface area contributed by atoms with Crippen molar-refractivity contribution in [1.29, 1.82) is 0 Å². The van der Waals surface area contributed by atoms with Crippen molar-refractivity contribution >= 4 is 40.3 Å². The number of anilines is 1. The van der Waals surface area contributed by atoms with Crippen LogP contribution in [0.3, 0.4) is 0 Å². The summed E-state index contributed by atoms with van der Waals surface area (Å²) in [6.07, 6.45) is 5.84. The molecule has 160 valence electrons. The molecule has 2 aliphatic rings. The van der Waals surface area contributed by atoms with Crippen LogP contribution in [0.4, 0.5) is 10.5 Å². The summed E-state index contributed by atoms with van der Waals surface area (Å²) in [5, 5.41) is 3.48. The molecule has 9 heteroatoms. The van der Waals surface area contributed by atoms with Gasteiger partial charge in [-0.3, -0.25) is 9.78 Å². The number of hydrogen-bond donors (Lipinski definition) is 2. The molecule has 0 radical (unpaired) electrons. The van der Waals surface area contributed by atoms with Gasteiger partial charge in [0.2, 0.25) is 5.91 Å². The summed E-state index contributed by atoms with van der Waals surface area (Å²) in [6, 6.07) is 8.15. The van der Waals surface area contributed by atoms with Crippen molar-refractivity contribution in [3.05, 3.63) is 53.6 Å². The molecule has 2 fully saturated rings. The van der Waals surface area contributed by atoms with Gasteiger partial charge in [0, 0.05) is 42.5 Å². The van der Waals surface area contributed by atoms with Crippen LogP contribution >= 0.6 is 11.6 Å². The molecule has 0 bridgehead atoms. The number of urea groups is 1. The molecule has 2 saturated heterocycles. The van der Waals surface area contributed by atoms with E-state index >= 15 is 0 Å². The summed E-state index contributed by atoms with van der Waals surface area (Å²) in [6.45, 7) is 1.85. The van der Waals surface area contributed by atoms with Gasteiger partial charge < -0.3 is 20.1 Å². The first-order valence-electron chi connectivity index (χ1n) is 10.5. The normalized spacial score (nSPS) is 21.1. The van der Waals surface area contributed by atoms with Crippen LogP contribution < -0.4 is 5.32 Å². The molecular weight excluding hydrogens is 416 g/mol. The van der Waals surface area contributed by atoms with Gasteiger partial charge in [0.05, 0.1) is 17.2 Å². The van der Waals surface area contributed by atoms with Crippen LogP contribution in [0.25, 0.3) is 11.0 Å². The minimum atomic E-state index is -0.425. The van der Waals surface area contributed by atoms with E-state index in [9.17, 15) is 9.59 Å². The molecule has 2 aliphatic heterocycles. The number of imidazole rings is 1. The maximum Gasteiger partial charge on any atom is 0.322 e. The highest BCUT2D eigenvalue weighted by molar-refractivity contribution is 6.30. The summed E-state index contributed by atoms with van der Waals surface area (Å²) >= 11 is 5.91. The smallest absolute Gasteiger partial charge is 0.322 e. The number of halogens is 1. The van der Waals surface area contributed by atoms with Crippen LogP contribution in [-0.2, 0) is 4.79 Å². The van der Waals surface area contributed by atoms with Gasteiger partial charge in [0.25, 0.3) is 0 Å². The Morgan fingerprint density at radius 3 is 2.77 bits per heavy atom. The van der Waals surface area contributed by atoms with Crippen molar-refractivity contribution in [2.24, 2.45) is 0 Å². The van der Waals surface area contributed by atoms with E-state index in [1.165, 1.54) is 0 Å². The first-order valence-corrected chi connectivity index (χ1v) is 10.9. The molecule has 0 spiro atoms. The van der Waals surface area contributed by atoms with Crippen LogP contribution in [-0.4, -0.2) is 62.4 Å². The number of hydrogen-bond acceptors (Lipinski definition) is 4. The van der Waals surface area contributed by atoms with Crippen molar-refractivity contribution < 1.29 is 9.59 Å². The first kappa shape index (κ1) is 19.8. The van der Waals surface area contributed by atoms with E-state index in [0.29, 0.717) is 36.8 Å². The molecule has 2 aromatic heterocycles. The maximum atomic E-state index is 13.3. The SMILES string of the molecule is O=C(C1CCCN1C(=O)Nc1ccc(Cl)cc1)N1CCC(c2nc3ccncc3[nH]2)C1. The number of nitrogens with one attached hydrogen (secondary N) is 2. The minimum absolute atomic E-state index is 0.0176. The zero-order valence-corrected chi connectivity index (χ0v) is 17.7. The fourth-order valence-electron chi connectivity index (χ4n) is 4.46. The fraction of sp³-hybridized carbons (Fsp3) is 0.364. The minimum Gasteiger partial charge on any atom is -0.340 e. The van der Waals surface area contributed by atoms with Gasteiger partial charge in [-0.05, 0) is 49.6 Å². The monoisotopic (exact) mass is 438 g/mol. The quantitative estimate of drug-likeness (QED) is 0.653. The van der Waals surface area contributed by atoms with Gasteiger partial charge >= 0.3 is 6.03 Å². The second kappa shape index (κ2) is 8.19. The molecule has 31 heavy (non-hydrogen) atoms. The van der Waals surface area contributed by atoms with E-state index in [1.54, 1.807) is 41.6 Å². The zero-order valence-electron chi connectivity index (χ0n) is 16.9. The molecule has 2 N–H and O–H groups in total. The summed E-state index contributed by atoms with van der Waals surface area (Å²) in [5.74, 6) is 1.07. The molecule has 0 saturated carbocycles. The molecule has 3 amide bonds. The van der Waals surface area contributed by atoms with E-state index in [1.807, 2.05) is 11.0 Å². The fourth-order valence-corrected chi connectivity index (χ4v) is 4.59. The van der Waals surface area contributed by atoms with Gasteiger partial charge in [-0.2, -0.15) is 0 Å². The summed E-state index contributed by atoms with van der Waals surface area (Å²) in [7, 11) is 0. The van der Waals surface area contributed by atoms with Crippen LogP contribution in [0.1, 0.15) is 31.0 Å². The molecule has 1 aromatic carbocycles. The lowest BCUT2D eigenvalue weighted by molar-refractivity contribution is -0.134. The van der Waals surface area contributed by atoms with Gasteiger partial charge in [-0.25, -0.2) is 9.78 Å². The average Bonchev–Trinajstić information content (AvgIpc) is 3.53. The number of likely N-dealkylation sites (tertiary alicyclic amines) is 2. The lowest BCUT2D eigenvalue weighted by Crippen LogP contribution is -2.48. The Bertz CT molecular complexity index is 1080. The molecule has 5 rings (SSSR count). The van der Waals surface area contributed by atoms with Gasteiger partial charge in [-0.1, -0.05) is 11.6 Å². The Balaban J connectivity index is 1.24. The topological polar surface area (TPSA) is 94.2 Å². The van der Waals surface area contributed by atoms with Crippen molar-refractivity contribution in [2.45, 2.75) is 31.2 Å². The summed E-state index contributed by atoms with van der Waals surface area (Å²) in [4.78, 5) is 41.7. The van der Waals surface area contributed by atoms with Crippen molar-refractivity contribution in [1.82, 2.24) is 24.8 Å². The van der Waals surface area contributed by atoms with E-state index in [4.69, 9.17) is 11.6 Å². The predicted octanol–water partition coefficient (Wildman–Crippen LogP) is 3.62. The van der Waals surface area contributed by atoms with E-state index in [0.717, 1.165) is 29.7 Å². The molecular formula is C22H23ClN6O2. The molecule has 4 heterocycles. The standard InChI is InChI=1S/C22H23ClN6O2/c23-15-3-5-16(6-4-15)25-22(31)29-10-1-2-19(29)21(30)28-11-8-14(13-28)20-26-17-7-9-24-12-18(17)27-20/h3-7,9,12,14,19H,1-2,8,10-11,13H2,(H,25,31)(H,26,27). The second-order valence-corrected chi connectivity index (χ2v) is 8.51. The Hall–Kier alpha value is -3.13. The third-order valence-electron chi connectivity index (χ3n) is 6.08. The largest absolute Gasteiger partial charge is 0.340 e. The number of benzene rings is 1. The highest BCUT2D eigenvalue weighted by atomic mass is 35.5. The Morgan fingerprint density at radius 1 is 1.13 bits per heavy atom. The predicted molar refractivity (Wildman–Crippen MR) is 118 cm³/mol. The number of aromatic nitrogens is 3. The number of carbonyl (C=O) groups excluding carboxylic acids is 2.